The van der Waals surface area contributed by atoms with Crippen molar-refractivity contribution < 1.29 is 4.79 Å². The lowest BCUT2D eigenvalue weighted by molar-refractivity contribution is 0.0730. The van der Waals surface area contributed by atoms with Gasteiger partial charge in [-0.25, -0.2) is 4.98 Å². The van der Waals surface area contributed by atoms with Gasteiger partial charge in [0.15, 0.2) is 0 Å². The summed E-state index contributed by atoms with van der Waals surface area (Å²) in [5.41, 5.74) is 4.08. The molecule has 0 bridgehead atoms. The van der Waals surface area contributed by atoms with Crippen LogP contribution in [0.4, 0.5) is 0 Å². The number of benzene rings is 2. The number of H-pyrrole nitrogens is 1. The first-order chi connectivity index (χ1) is 15.1. The smallest absolute Gasteiger partial charge is 0.270 e. The summed E-state index contributed by atoms with van der Waals surface area (Å²) < 4.78 is 3.95. The molecule has 5 aromatic rings. The minimum atomic E-state index is 0.0153. The molecule has 3 heterocycles. The zero-order valence-corrected chi connectivity index (χ0v) is 17.7. The van der Waals surface area contributed by atoms with E-state index < -0.39 is 0 Å². The van der Waals surface area contributed by atoms with Crippen molar-refractivity contribution in [1.82, 2.24) is 24.0 Å². The van der Waals surface area contributed by atoms with Crippen molar-refractivity contribution in [3.8, 4) is 0 Å². The van der Waals surface area contributed by atoms with Gasteiger partial charge in [0.25, 0.3) is 5.91 Å². The minimum absolute atomic E-state index is 0.0153. The molecule has 0 atom stereocenters. The number of carbonyl (C=O) groups excluding carboxylic acids is 1. The normalized spacial score (nSPS) is 11.4. The number of hydrogen-bond acceptors (Lipinski definition) is 2. The standard InChI is InChI=1S/C25H25N5O/c1-28-14-12-26-24(28)17-30(13-11-19-16-27-21-9-5-4-8-20(19)21)25(31)23-15-18-7-3-6-10-22(18)29(23)2/h3-10,12,14-16,27H,11,13,17H2,1-2H3. The number of aromatic amines is 1. The summed E-state index contributed by atoms with van der Waals surface area (Å²) in [6, 6.07) is 18.3. The van der Waals surface area contributed by atoms with Crippen LogP contribution in [0.5, 0.6) is 0 Å². The topological polar surface area (TPSA) is 58.9 Å². The molecule has 1 N–H and O–H groups in total. The van der Waals surface area contributed by atoms with E-state index in [-0.39, 0.29) is 5.91 Å². The van der Waals surface area contributed by atoms with E-state index in [9.17, 15) is 4.79 Å². The molecule has 0 aliphatic carbocycles. The van der Waals surface area contributed by atoms with Crippen molar-refractivity contribution in [1.29, 1.82) is 0 Å². The van der Waals surface area contributed by atoms with Crippen molar-refractivity contribution in [2.24, 2.45) is 14.1 Å². The molecular formula is C25H25N5O. The van der Waals surface area contributed by atoms with Gasteiger partial charge in [-0.2, -0.15) is 0 Å². The van der Waals surface area contributed by atoms with Gasteiger partial charge in [0.1, 0.15) is 11.5 Å². The van der Waals surface area contributed by atoms with Gasteiger partial charge in [-0.05, 0) is 30.2 Å². The molecular weight excluding hydrogens is 386 g/mol. The van der Waals surface area contributed by atoms with Gasteiger partial charge < -0.3 is 19.0 Å². The van der Waals surface area contributed by atoms with Gasteiger partial charge in [0.2, 0.25) is 0 Å². The van der Waals surface area contributed by atoms with Crippen molar-refractivity contribution in [3.63, 3.8) is 0 Å². The molecule has 0 saturated heterocycles. The molecule has 0 aliphatic heterocycles. The van der Waals surface area contributed by atoms with Crippen molar-refractivity contribution in [3.05, 3.63) is 90.3 Å². The van der Waals surface area contributed by atoms with E-state index in [0.29, 0.717) is 18.8 Å². The van der Waals surface area contributed by atoms with Gasteiger partial charge in [0, 0.05) is 61.0 Å². The highest BCUT2D eigenvalue weighted by Crippen LogP contribution is 2.22. The SMILES string of the molecule is Cn1ccnc1CN(CCc1c[nH]c2ccccc12)C(=O)c1cc2ccccc2n1C. The Hall–Kier alpha value is -3.80. The molecule has 3 aromatic heterocycles. The van der Waals surface area contributed by atoms with E-state index >= 15 is 0 Å². The van der Waals surface area contributed by atoms with Crippen LogP contribution in [0.25, 0.3) is 21.8 Å². The molecule has 6 heteroatoms. The number of aryl methyl sites for hydroxylation is 2. The minimum Gasteiger partial charge on any atom is -0.361 e. The summed E-state index contributed by atoms with van der Waals surface area (Å²) in [5, 5.41) is 2.28. The fourth-order valence-electron chi connectivity index (χ4n) is 4.22. The molecule has 0 fully saturated rings. The number of hydrogen-bond donors (Lipinski definition) is 1. The Morgan fingerprint density at radius 3 is 2.71 bits per heavy atom. The number of amides is 1. The fraction of sp³-hybridized carbons (Fsp3) is 0.200. The Labute approximate surface area is 180 Å². The van der Waals surface area contributed by atoms with E-state index in [1.54, 1.807) is 6.20 Å². The number of imidazole rings is 1. The Morgan fingerprint density at radius 2 is 1.90 bits per heavy atom. The lowest BCUT2D eigenvalue weighted by Gasteiger charge is -2.23. The van der Waals surface area contributed by atoms with E-state index in [1.165, 1.54) is 10.9 Å². The maximum atomic E-state index is 13.7. The van der Waals surface area contributed by atoms with Crippen LogP contribution in [-0.4, -0.2) is 36.5 Å². The third kappa shape index (κ3) is 3.50. The Kier molecular flexibility index (Phi) is 4.82. The molecule has 0 unspecified atom stereocenters. The van der Waals surface area contributed by atoms with E-state index in [2.05, 4.69) is 22.1 Å². The molecule has 1 amide bonds. The van der Waals surface area contributed by atoms with E-state index in [0.717, 1.165) is 28.7 Å². The quantitative estimate of drug-likeness (QED) is 0.453. The predicted molar refractivity (Wildman–Crippen MR) is 123 cm³/mol. The Balaban J connectivity index is 1.46. The maximum Gasteiger partial charge on any atom is 0.270 e. The van der Waals surface area contributed by atoms with Crippen molar-refractivity contribution >= 4 is 27.7 Å². The molecule has 156 valence electrons. The molecule has 0 spiro atoms. The molecule has 0 radical (unpaired) electrons. The highest BCUT2D eigenvalue weighted by atomic mass is 16.2. The summed E-state index contributed by atoms with van der Waals surface area (Å²) >= 11 is 0. The molecule has 31 heavy (non-hydrogen) atoms. The molecule has 0 aliphatic rings. The molecule has 0 saturated carbocycles. The predicted octanol–water partition coefficient (Wildman–Crippen LogP) is 4.28. The van der Waals surface area contributed by atoms with Gasteiger partial charge >= 0.3 is 0 Å². The van der Waals surface area contributed by atoms with Crippen molar-refractivity contribution in [2.75, 3.05) is 6.54 Å². The zero-order chi connectivity index (χ0) is 21.4. The lowest BCUT2D eigenvalue weighted by atomic mass is 10.1. The molecule has 5 rings (SSSR count). The van der Waals surface area contributed by atoms with Gasteiger partial charge in [-0.1, -0.05) is 36.4 Å². The molecule has 6 nitrogen and oxygen atoms in total. The zero-order valence-electron chi connectivity index (χ0n) is 17.7. The first-order valence-corrected chi connectivity index (χ1v) is 10.5. The van der Waals surface area contributed by atoms with Crippen LogP contribution >= 0.6 is 0 Å². The Morgan fingerprint density at radius 1 is 1.10 bits per heavy atom. The lowest BCUT2D eigenvalue weighted by Crippen LogP contribution is -2.34. The first-order valence-electron chi connectivity index (χ1n) is 10.5. The van der Waals surface area contributed by atoms with Crippen LogP contribution in [0.15, 0.2) is 73.2 Å². The third-order valence-corrected chi connectivity index (χ3v) is 6.04. The van der Waals surface area contributed by atoms with Crippen molar-refractivity contribution in [2.45, 2.75) is 13.0 Å². The van der Waals surface area contributed by atoms with E-state index in [4.69, 9.17) is 0 Å². The largest absolute Gasteiger partial charge is 0.361 e. The second-order valence-corrected chi connectivity index (χ2v) is 7.94. The fourth-order valence-corrected chi connectivity index (χ4v) is 4.22. The van der Waals surface area contributed by atoms with Crippen LogP contribution in [0.2, 0.25) is 0 Å². The van der Waals surface area contributed by atoms with Crippen LogP contribution in [0, 0.1) is 0 Å². The number of nitrogens with zero attached hydrogens (tertiary/aromatic N) is 4. The number of aromatic nitrogens is 4. The average molecular weight is 412 g/mol. The number of para-hydroxylation sites is 2. The monoisotopic (exact) mass is 411 g/mol. The van der Waals surface area contributed by atoms with Crippen LogP contribution < -0.4 is 0 Å². The number of fused-ring (bicyclic) bond motifs is 2. The average Bonchev–Trinajstić information content (AvgIpc) is 3.48. The summed E-state index contributed by atoms with van der Waals surface area (Å²) in [5.74, 6) is 0.882. The summed E-state index contributed by atoms with van der Waals surface area (Å²) in [6.07, 6.45) is 6.50. The number of rotatable bonds is 6. The summed E-state index contributed by atoms with van der Waals surface area (Å²) in [4.78, 5) is 23.3. The maximum absolute atomic E-state index is 13.7. The third-order valence-electron chi connectivity index (χ3n) is 6.04. The molecule has 2 aromatic carbocycles. The van der Waals surface area contributed by atoms with Crippen LogP contribution in [-0.2, 0) is 27.1 Å². The highest BCUT2D eigenvalue weighted by Gasteiger charge is 2.22. The summed E-state index contributed by atoms with van der Waals surface area (Å²) in [7, 11) is 3.91. The van der Waals surface area contributed by atoms with Crippen LogP contribution in [0.3, 0.4) is 0 Å². The second kappa shape index (κ2) is 7.80. The van der Waals surface area contributed by atoms with E-state index in [1.807, 2.05) is 83.0 Å². The number of carbonyl (C=O) groups is 1. The first kappa shape index (κ1) is 19.2. The number of nitrogens with one attached hydrogen (secondary N) is 1. The Bertz CT molecular complexity index is 1370. The second-order valence-electron chi connectivity index (χ2n) is 7.94. The van der Waals surface area contributed by atoms with Gasteiger partial charge in [0.05, 0.1) is 6.54 Å². The van der Waals surface area contributed by atoms with Gasteiger partial charge in [-0.3, -0.25) is 4.79 Å². The highest BCUT2D eigenvalue weighted by molar-refractivity contribution is 5.98. The van der Waals surface area contributed by atoms with Gasteiger partial charge in [-0.15, -0.1) is 0 Å². The summed E-state index contributed by atoms with van der Waals surface area (Å²) in [6.45, 7) is 1.07. The van der Waals surface area contributed by atoms with Crippen LogP contribution in [0.1, 0.15) is 21.9 Å².